The van der Waals surface area contributed by atoms with Crippen molar-refractivity contribution in [3.8, 4) is 11.5 Å². The van der Waals surface area contributed by atoms with Crippen molar-refractivity contribution in [1.29, 1.82) is 0 Å². The average molecular weight is 286 g/mol. The summed E-state index contributed by atoms with van der Waals surface area (Å²) in [5, 5.41) is 13.2. The maximum atomic E-state index is 10.8. The van der Waals surface area contributed by atoms with Crippen LogP contribution in [0.2, 0.25) is 5.02 Å². The Hall–Kier alpha value is -2.28. The highest BCUT2D eigenvalue weighted by atomic mass is 35.5. The third-order valence-electron chi connectivity index (χ3n) is 1.95. The number of aromatic hydroxyl groups is 1. The summed E-state index contributed by atoms with van der Waals surface area (Å²) in [6, 6.07) is 2.89. The van der Waals surface area contributed by atoms with E-state index < -0.39 is 11.8 Å². The molecule has 0 saturated carbocycles. The van der Waals surface area contributed by atoms with Crippen LogP contribution in [0.1, 0.15) is 12.5 Å². The lowest BCUT2D eigenvalue weighted by molar-refractivity contribution is -0.137. The number of carbonyl (C=O) groups excluding carboxylic acids is 2. The fourth-order valence-corrected chi connectivity index (χ4v) is 1.37. The first-order chi connectivity index (χ1) is 8.95. The Labute approximate surface area is 114 Å². The van der Waals surface area contributed by atoms with Crippen molar-refractivity contribution in [2.45, 2.75) is 6.92 Å². The number of halogens is 1. The Morgan fingerprint density at radius 3 is 2.84 bits per heavy atom. The molecule has 0 bridgehead atoms. The largest absolute Gasteiger partial charge is 0.503 e. The minimum absolute atomic E-state index is 0.0774. The van der Waals surface area contributed by atoms with Crippen molar-refractivity contribution in [2.24, 2.45) is 10.8 Å². The lowest BCUT2D eigenvalue weighted by atomic mass is 10.2. The maximum absolute atomic E-state index is 10.8. The molecule has 1 rings (SSSR count). The second-order valence-electron chi connectivity index (χ2n) is 3.35. The molecule has 0 unspecified atom stereocenters. The molecule has 1 aromatic rings. The third-order valence-corrected chi connectivity index (χ3v) is 2.24. The molecule has 0 saturated heterocycles. The number of primary amides is 1. The number of hydrazone groups is 1. The Kier molecular flexibility index (Phi) is 5.13. The highest BCUT2D eigenvalue weighted by molar-refractivity contribution is 6.34. The van der Waals surface area contributed by atoms with Crippen LogP contribution >= 0.6 is 11.6 Å². The third kappa shape index (κ3) is 4.14. The van der Waals surface area contributed by atoms with E-state index in [0.29, 0.717) is 12.2 Å². The zero-order valence-corrected chi connectivity index (χ0v) is 10.8. The number of benzene rings is 1. The van der Waals surface area contributed by atoms with Gasteiger partial charge in [0.05, 0.1) is 17.8 Å². The highest BCUT2D eigenvalue weighted by Gasteiger charge is 2.09. The molecule has 2 amide bonds. The van der Waals surface area contributed by atoms with Crippen LogP contribution in [0.4, 0.5) is 0 Å². The van der Waals surface area contributed by atoms with Gasteiger partial charge in [0.1, 0.15) is 0 Å². The van der Waals surface area contributed by atoms with Gasteiger partial charge in [-0.15, -0.1) is 0 Å². The predicted molar refractivity (Wildman–Crippen MR) is 69.2 cm³/mol. The first-order valence-electron chi connectivity index (χ1n) is 5.23. The number of carbonyl (C=O) groups is 2. The number of hydrogen-bond acceptors (Lipinski definition) is 5. The minimum atomic E-state index is -1.14. The summed E-state index contributed by atoms with van der Waals surface area (Å²) in [5.41, 5.74) is 7.12. The van der Waals surface area contributed by atoms with E-state index in [0.717, 1.165) is 0 Å². The van der Waals surface area contributed by atoms with E-state index in [1.54, 1.807) is 6.92 Å². The van der Waals surface area contributed by atoms with Gasteiger partial charge in [-0.3, -0.25) is 9.59 Å². The van der Waals surface area contributed by atoms with Crippen LogP contribution in [0.5, 0.6) is 11.5 Å². The van der Waals surface area contributed by atoms with Crippen LogP contribution < -0.4 is 15.9 Å². The Morgan fingerprint density at radius 2 is 2.26 bits per heavy atom. The van der Waals surface area contributed by atoms with Gasteiger partial charge in [-0.1, -0.05) is 11.6 Å². The van der Waals surface area contributed by atoms with Crippen molar-refractivity contribution < 1.29 is 19.4 Å². The van der Waals surface area contributed by atoms with Gasteiger partial charge in [-0.2, -0.15) is 5.10 Å². The summed E-state index contributed by atoms with van der Waals surface area (Å²) >= 11 is 5.79. The summed E-state index contributed by atoms with van der Waals surface area (Å²) in [6.07, 6.45) is 1.23. The molecule has 0 spiro atoms. The first kappa shape index (κ1) is 14.8. The van der Waals surface area contributed by atoms with Gasteiger partial charge in [-0.25, -0.2) is 5.43 Å². The summed E-state index contributed by atoms with van der Waals surface area (Å²) in [7, 11) is 0. The van der Waals surface area contributed by atoms with Gasteiger partial charge in [0.25, 0.3) is 0 Å². The van der Waals surface area contributed by atoms with Gasteiger partial charge in [0.15, 0.2) is 11.5 Å². The average Bonchev–Trinajstić information content (AvgIpc) is 2.35. The van der Waals surface area contributed by atoms with E-state index in [2.05, 4.69) is 5.10 Å². The van der Waals surface area contributed by atoms with Gasteiger partial charge >= 0.3 is 11.8 Å². The molecule has 0 atom stereocenters. The lowest BCUT2D eigenvalue weighted by Crippen LogP contribution is -2.32. The topological polar surface area (TPSA) is 114 Å². The van der Waals surface area contributed by atoms with Crippen LogP contribution in [-0.2, 0) is 9.59 Å². The van der Waals surface area contributed by atoms with Crippen molar-refractivity contribution in [2.75, 3.05) is 6.61 Å². The van der Waals surface area contributed by atoms with E-state index >= 15 is 0 Å². The number of nitrogens with one attached hydrogen (secondary N) is 1. The molecule has 0 aromatic heterocycles. The molecule has 4 N–H and O–H groups in total. The number of hydrogen-bond donors (Lipinski definition) is 3. The molecule has 0 aliphatic rings. The van der Waals surface area contributed by atoms with E-state index in [9.17, 15) is 14.7 Å². The summed E-state index contributed by atoms with van der Waals surface area (Å²) in [4.78, 5) is 21.3. The molecule has 0 heterocycles. The molecule has 0 fully saturated rings. The fourth-order valence-electron chi connectivity index (χ4n) is 1.15. The smallest absolute Gasteiger partial charge is 0.329 e. The van der Waals surface area contributed by atoms with Crippen molar-refractivity contribution in [3.05, 3.63) is 22.7 Å². The van der Waals surface area contributed by atoms with Gasteiger partial charge in [-0.05, 0) is 24.6 Å². The second kappa shape index (κ2) is 6.60. The zero-order valence-electron chi connectivity index (χ0n) is 10.0. The van der Waals surface area contributed by atoms with Crippen LogP contribution in [0.15, 0.2) is 17.2 Å². The minimum Gasteiger partial charge on any atom is -0.503 e. The van der Waals surface area contributed by atoms with Gasteiger partial charge < -0.3 is 15.6 Å². The highest BCUT2D eigenvalue weighted by Crippen LogP contribution is 2.34. The van der Waals surface area contributed by atoms with Crippen molar-refractivity contribution in [3.63, 3.8) is 0 Å². The van der Waals surface area contributed by atoms with Crippen LogP contribution in [-0.4, -0.2) is 29.7 Å². The number of ether oxygens (including phenoxy) is 1. The number of nitrogens with two attached hydrogens (primary N) is 1. The number of rotatable bonds is 4. The van der Waals surface area contributed by atoms with Gasteiger partial charge in [0, 0.05) is 0 Å². The number of phenolic OH excluding ortho intramolecular Hbond substituents is 1. The van der Waals surface area contributed by atoms with Crippen LogP contribution in [0, 0.1) is 0 Å². The standard InChI is InChI=1S/C11H12ClN3O4/c1-2-19-8-4-6(3-7(12)9(8)16)5-14-15-11(18)10(13)17/h3-5,16H,2H2,1H3,(H2,13,17)(H,15,18)/b14-5+. The number of amides is 2. The maximum Gasteiger partial charge on any atom is 0.329 e. The molecule has 0 radical (unpaired) electrons. The number of nitrogens with zero attached hydrogens (tertiary/aromatic N) is 1. The fraction of sp³-hybridized carbons (Fsp3) is 0.182. The van der Waals surface area contributed by atoms with Gasteiger partial charge in [0.2, 0.25) is 0 Å². The summed E-state index contributed by atoms with van der Waals surface area (Å²) in [6.45, 7) is 2.10. The molecular formula is C11H12ClN3O4. The van der Waals surface area contributed by atoms with E-state index in [1.165, 1.54) is 18.3 Å². The molecule has 7 nitrogen and oxygen atoms in total. The van der Waals surface area contributed by atoms with E-state index in [1.807, 2.05) is 5.43 Å². The molecule has 0 aliphatic heterocycles. The quantitative estimate of drug-likeness (QED) is 0.421. The predicted octanol–water partition coefficient (Wildman–Crippen LogP) is 0.380. The molecule has 0 aliphatic carbocycles. The number of phenols is 1. The Morgan fingerprint density at radius 1 is 1.58 bits per heavy atom. The first-order valence-corrected chi connectivity index (χ1v) is 5.61. The van der Waals surface area contributed by atoms with Crippen molar-refractivity contribution >= 4 is 29.6 Å². The Balaban J connectivity index is 2.87. The molecule has 8 heteroatoms. The summed E-state index contributed by atoms with van der Waals surface area (Å²) < 4.78 is 5.17. The van der Waals surface area contributed by atoms with Crippen molar-refractivity contribution in [1.82, 2.24) is 5.43 Å². The molecular weight excluding hydrogens is 274 g/mol. The second-order valence-corrected chi connectivity index (χ2v) is 3.75. The molecule has 19 heavy (non-hydrogen) atoms. The summed E-state index contributed by atoms with van der Waals surface area (Å²) in [5.74, 6) is -2.17. The normalized spacial score (nSPS) is 10.4. The molecule has 1 aromatic carbocycles. The van der Waals surface area contributed by atoms with Crippen LogP contribution in [0.3, 0.4) is 0 Å². The monoisotopic (exact) mass is 285 g/mol. The van der Waals surface area contributed by atoms with E-state index in [-0.39, 0.29) is 16.5 Å². The Bertz CT molecular complexity index is 531. The SMILES string of the molecule is CCOc1cc(/C=N/NC(=O)C(N)=O)cc(Cl)c1O. The lowest BCUT2D eigenvalue weighted by Gasteiger charge is -2.08. The van der Waals surface area contributed by atoms with E-state index in [4.69, 9.17) is 22.1 Å². The molecule has 102 valence electrons. The zero-order chi connectivity index (χ0) is 14.4. The van der Waals surface area contributed by atoms with Crippen LogP contribution in [0.25, 0.3) is 0 Å².